The number of nitrogens with zero attached hydrogens (tertiary/aromatic N) is 1. The van der Waals surface area contributed by atoms with E-state index in [2.05, 4.69) is 0 Å². The summed E-state index contributed by atoms with van der Waals surface area (Å²) < 4.78 is 20.9. The molecule has 2 aliphatic rings. The molecule has 4 heteroatoms. The van der Waals surface area contributed by atoms with Crippen LogP contribution in [-0.2, 0) is 9.53 Å². The fourth-order valence-electron chi connectivity index (χ4n) is 2.74. The molecule has 2 bridgehead atoms. The molecular formula is C11H17NO3. The van der Waals surface area contributed by atoms with Crippen LogP contribution in [0.5, 0.6) is 0 Å². The first kappa shape index (κ1) is 8.13. The summed E-state index contributed by atoms with van der Waals surface area (Å²) in [4.78, 5) is 25.0. The van der Waals surface area contributed by atoms with Crippen LogP contribution in [-0.4, -0.2) is 35.0 Å². The molecule has 1 amide bonds. The maximum atomic E-state index is 11.9. The van der Waals surface area contributed by atoms with Gasteiger partial charge in [0.2, 0.25) is 0 Å². The number of carbonyl (C=O) groups excluding carboxylic acids is 2. The van der Waals surface area contributed by atoms with Gasteiger partial charge in [-0.15, -0.1) is 0 Å². The Morgan fingerprint density at radius 3 is 2.27 bits per heavy atom. The summed E-state index contributed by atoms with van der Waals surface area (Å²) in [7, 11) is 1.28. The lowest BCUT2D eigenvalue weighted by molar-refractivity contribution is -0.128. The molecule has 4 unspecified atom stereocenters. The van der Waals surface area contributed by atoms with E-state index in [1.165, 1.54) is 12.0 Å². The van der Waals surface area contributed by atoms with Crippen molar-refractivity contribution < 1.29 is 17.1 Å². The third-order valence-corrected chi connectivity index (χ3v) is 3.29. The molecule has 2 rings (SSSR count). The normalized spacial score (nSPS) is 51.1. The lowest BCUT2D eigenvalue weighted by Gasteiger charge is -2.46. The molecule has 4 atom stereocenters. The molecule has 2 fully saturated rings. The number of ether oxygens (including phenoxy) is 1. The third kappa shape index (κ3) is 1.34. The van der Waals surface area contributed by atoms with Crippen molar-refractivity contribution in [2.75, 3.05) is 7.11 Å². The number of ketones is 1. The Kier molecular flexibility index (Phi) is 1.61. The van der Waals surface area contributed by atoms with Crippen molar-refractivity contribution in [1.82, 2.24) is 4.90 Å². The molecule has 0 N–H and O–H groups in total. The number of piperidine rings is 1. The van der Waals surface area contributed by atoms with Crippen molar-refractivity contribution in [2.24, 2.45) is 0 Å². The molecule has 2 aliphatic heterocycles. The van der Waals surface area contributed by atoms with E-state index in [0.29, 0.717) is 0 Å². The number of methoxy groups -OCH3 is 1. The van der Waals surface area contributed by atoms with Crippen LogP contribution in [0.3, 0.4) is 0 Å². The van der Waals surface area contributed by atoms with Crippen molar-refractivity contribution >= 4 is 11.9 Å². The van der Waals surface area contributed by atoms with Crippen molar-refractivity contribution in [1.29, 1.82) is 0 Å². The highest BCUT2D eigenvalue weighted by Crippen LogP contribution is 2.49. The predicted molar refractivity (Wildman–Crippen MR) is 54.5 cm³/mol. The number of Topliss-reactive ketones (excluding diaryl/α,β-unsaturated/α-hetero) is 1. The Morgan fingerprint density at radius 1 is 1.40 bits per heavy atom. The molecule has 0 aromatic carbocycles. The van der Waals surface area contributed by atoms with Crippen LogP contribution in [0.2, 0.25) is 0 Å². The maximum Gasteiger partial charge on any atom is 0.410 e. The number of fused-ring (bicyclic) bond motifs is 2. The van der Waals surface area contributed by atoms with E-state index in [9.17, 15) is 9.59 Å². The lowest BCUT2D eigenvalue weighted by Crippen LogP contribution is -2.59. The summed E-state index contributed by atoms with van der Waals surface area (Å²) in [6.45, 7) is 3.40. The van der Waals surface area contributed by atoms with Crippen molar-refractivity contribution in [2.45, 2.75) is 50.6 Å². The van der Waals surface area contributed by atoms with Crippen LogP contribution in [0.4, 0.5) is 4.79 Å². The van der Waals surface area contributed by atoms with Crippen LogP contribution in [0.1, 0.15) is 42.2 Å². The first-order valence-electron chi connectivity index (χ1n) is 6.17. The van der Waals surface area contributed by atoms with E-state index >= 15 is 0 Å². The van der Waals surface area contributed by atoms with Crippen LogP contribution >= 0.6 is 0 Å². The minimum atomic E-state index is -0.913. The highest BCUT2D eigenvalue weighted by Gasteiger charge is 2.57. The highest BCUT2D eigenvalue weighted by atomic mass is 16.5. The van der Waals surface area contributed by atoms with Gasteiger partial charge in [0.1, 0.15) is 5.78 Å². The van der Waals surface area contributed by atoms with Crippen LogP contribution in [0.25, 0.3) is 0 Å². The van der Waals surface area contributed by atoms with Crippen LogP contribution in [0, 0.1) is 0 Å². The molecule has 0 aliphatic carbocycles. The monoisotopic (exact) mass is 213 g/mol. The van der Waals surface area contributed by atoms with Gasteiger partial charge < -0.3 is 4.74 Å². The minimum absolute atomic E-state index is 0.0159. The lowest BCUT2D eigenvalue weighted by atomic mass is 9.85. The summed E-state index contributed by atoms with van der Waals surface area (Å²) in [5.74, 6) is 0.0159. The Labute approximate surface area is 92.4 Å². The number of amides is 1. The van der Waals surface area contributed by atoms with E-state index in [4.69, 9.17) is 7.48 Å². The summed E-state index contributed by atoms with van der Waals surface area (Å²) >= 11 is 0. The Bertz CT molecular complexity index is 363. The first-order valence-corrected chi connectivity index (χ1v) is 5.02. The number of hydrogen-bond donors (Lipinski definition) is 0. The second-order valence-electron chi connectivity index (χ2n) is 4.75. The molecule has 2 saturated heterocycles. The standard InChI is InChI=1S/C11H17NO3/c1-10-4-5-11(2,7-8(13)6-10)12(10)9(14)15-3/h4-7H2,1-3H3/i4D,5D. The highest BCUT2D eigenvalue weighted by molar-refractivity contribution is 5.85. The largest absolute Gasteiger partial charge is 0.453 e. The minimum Gasteiger partial charge on any atom is -0.453 e. The molecule has 0 aromatic rings. The zero-order chi connectivity index (χ0) is 13.0. The molecule has 0 saturated carbocycles. The smallest absolute Gasteiger partial charge is 0.410 e. The van der Waals surface area contributed by atoms with Gasteiger partial charge in [0.05, 0.1) is 18.2 Å². The van der Waals surface area contributed by atoms with Crippen molar-refractivity contribution in [3.63, 3.8) is 0 Å². The zero-order valence-electron chi connectivity index (χ0n) is 11.2. The Morgan fingerprint density at radius 2 is 1.87 bits per heavy atom. The van der Waals surface area contributed by atoms with Crippen LogP contribution in [0.15, 0.2) is 0 Å². The SMILES string of the molecule is [2H]C1C([2H])C2(C)CC(=O)CC1(C)N2C(=O)OC. The summed E-state index contributed by atoms with van der Waals surface area (Å²) in [5, 5.41) is 0. The van der Waals surface area contributed by atoms with E-state index in [0.717, 1.165) is 0 Å². The number of rotatable bonds is 0. The molecule has 84 valence electrons. The second-order valence-corrected chi connectivity index (χ2v) is 4.75. The average molecular weight is 213 g/mol. The molecule has 0 radical (unpaired) electrons. The van der Waals surface area contributed by atoms with E-state index in [1.807, 2.05) is 0 Å². The predicted octanol–water partition coefficient (Wildman–Crippen LogP) is 1.73. The van der Waals surface area contributed by atoms with E-state index < -0.39 is 30.0 Å². The third-order valence-electron chi connectivity index (χ3n) is 3.29. The van der Waals surface area contributed by atoms with Gasteiger partial charge in [0.25, 0.3) is 0 Å². The molecule has 2 heterocycles. The average Bonchev–Trinajstić information content (AvgIpc) is 2.33. The van der Waals surface area contributed by atoms with Gasteiger partial charge >= 0.3 is 6.09 Å². The van der Waals surface area contributed by atoms with Gasteiger partial charge in [-0.25, -0.2) is 4.79 Å². The Balaban J connectivity index is 2.53. The molecule has 15 heavy (non-hydrogen) atoms. The van der Waals surface area contributed by atoms with Crippen molar-refractivity contribution in [3.8, 4) is 0 Å². The molecule has 4 nitrogen and oxygen atoms in total. The Hall–Kier alpha value is -1.06. The fourth-order valence-corrected chi connectivity index (χ4v) is 2.74. The first-order chi connectivity index (χ1) is 7.77. The van der Waals surface area contributed by atoms with Gasteiger partial charge in [-0.05, 0) is 26.6 Å². The van der Waals surface area contributed by atoms with Crippen molar-refractivity contribution in [3.05, 3.63) is 0 Å². The molecule has 0 aromatic heterocycles. The van der Waals surface area contributed by atoms with E-state index in [1.54, 1.807) is 13.8 Å². The summed E-state index contributed by atoms with van der Waals surface area (Å²) in [6.07, 6.45) is -1.83. The second kappa shape index (κ2) is 2.97. The topological polar surface area (TPSA) is 46.6 Å². The number of carbonyl (C=O) groups is 2. The van der Waals surface area contributed by atoms with Gasteiger partial charge in [-0.3, -0.25) is 9.69 Å². The van der Waals surface area contributed by atoms with Crippen LogP contribution < -0.4 is 0 Å². The number of hydrogen-bond acceptors (Lipinski definition) is 3. The quantitative estimate of drug-likeness (QED) is 0.615. The fraction of sp³-hybridized carbons (Fsp3) is 0.818. The summed E-state index contributed by atoms with van der Waals surface area (Å²) in [5.41, 5.74) is -1.83. The van der Waals surface area contributed by atoms with E-state index in [-0.39, 0.29) is 18.6 Å². The molecule has 0 spiro atoms. The summed E-state index contributed by atoms with van der Waals surface area (Å²) in [6, 6.07) is 0. The van der Waals surface area contributed by atoms with Gasteiger partial charge in [0, 0.05) is 15.6 Å². The van der Waals surface area contributed by atoms with Gasteiger partial charge in [0.15, 0.2) is 0 Å². The zero-order valence-corrected chi connectivity index (χ0v) is 9.24. The van der Waals surface area contributed by atoms with Gasteiger partial charge in [-0.1, -0.05) is 0 Å². The maximum absolute atomic E-state index is 11.9. The molecular weight excluding hydrogens is 194 g/mol. The van der Waals surface area contributed by atoms with Gasteiger partial charge in [-0.2, -0.15) is 0 Å².